The van der Waals surface area contributed by atoms with Crippen molar-refractivity contribution in [3.63, 3.8) is 0 Å². The molecule has 0 saturated heterocycles. The average Bonchev–Trinajstić information content (AvgIpc) is 3.31. The number of carbonyl (C=O) groups excluding carboxylic acids is 1. The van der Waals surface area contributed by atoms with Crippen LogP contribution >= 0.6 is 0 Å². The molecule has 0 fully saturated rings. The number of aryl methyl sites for hydroxylation is 1. The van der Waals surface area contributed by atoms with Crippen LogP contribution in [0, 0.1) is 0 Å². The van der Waals surface area contributed by atoms with E-state index in [0.717, 1.165) is 16.8 Å². The summed E-state index contributed by atoms with van der Waals surface area (Å²) in [5, 5.41) is 1.03. The summed E-state index contributed by atoms with van der Waals surface area (Å²) in [6.07, 6.45) is 5.21. The van der Waals surface area contributed by atoms with Gasteiger partial charge in [-0.25, -0.2) is 4.98 Å². The summed E-state index contributed by atoms with van der Waals surface area (Å²) in [5.74, 6) is 1.47. The number of furan rings is 1. The maximum atomic E-state index is 12.8. The molecule has 1 amide bonds. The van der Waals surface area contributed by atoms with Crippen molar-refractivity contribution in [1.29, 1.82) is 0 Å². The zero-order chi connectivity index (χ0) is 18.8. The molecule has 3 aromatic heterocycles. The molecule has 27 heavy (non-hydrogen) atoms. The second kappa shape index (κ2) is 7.07. The maximum absolute atomic E-state index is 12.8. The number of pyridine rings is 1. The van der Waals surface area contributed by atoms with Crippen molar-refractivity contribution in [2.75, 3.05) is 6.54 Å². The Morgan fingerprint density at radius 2 is 2.04 bits per heavy atom. The van der Waals surface area contributed by atoms with E-state index in [1.54, 1.807) is 23.4 Å². The molecule has 3 heterocycles. The van der Waals surface area contributed by atoms with Crippen LogP contribution in [-0.2, 0) is 13.6 Å². The van der Waals surface area contributed by atoms with Gasteiger partial charge in [-0.1, -0.05) is 18.2 Å². The molecule has 6 nitrogen and oxygen atoms in total. The Balaban J connectivity index is 1.55. The minimum absolute atomic E-state index is 0.0656. The standard InChI is InChI=1S/C21H20N4O2/c1-3-25(14-20-22-10-11-24(20)2)21(26)16-8-9-17(23-13-16)19-12-15-6-4-5-7-18(15)27-19/h4-13H,3,14H2,1-2H3. The number of carbonyl (C=O) groups is 1. The number of benzene rings is 1. The maximum Gasteiger partial charge on any atom is 0.255 e. The zero-order valence-corrected chi connectivity index (χ0v) is 15.3. The van der Waals surface area contributed by atoms with Gasteiger partial charge in [0.1, 0.15) is 17.1 Å². The summed E-state index contributed by atoms with van der Waals surface area (Å²) in [4.78, 5) is 23.3. The number of imidazole rings is 1. The van der Waals surface area contributed by atoms with Crippen molar-refractivity contribution in [3.8, 4) is 11.5 Å². The minimum atomic E-state index is -0.0656. The quantitative estimate of drug-likeness (QED) is 0.542. The lowest BCUT2D eigenvalue weighted by atomic mass is 10.2. The molecule has 0 spiro atoms. The zero-order valence-electron chi connectivity index (χ0n) is 15.3. The highest BCUT2D eigenvalue weighted by atomic mass is 16.3. The van der Waals surface area contributed by atoms with Crippen LogP contribution in [0.5, 0.6) is 0 Å². The Morgan fingerprint density at radius 3 is 2.70 bits per heavy atom. The van der Waals surface area contributed by atoms with Gasteiger partial charge in [0.25, 0.3) is 5.91 Å². The second-order valence-electron chi connectivity index (χ2n) is 6.35. The third-order valence-corrected chi connectivity index (χ3v) is 4.61. The Bertz CT molecular complexity index is 1050. The van der Waals surface area contributed by atoms with Crippen molar-refractivity contribution in [2.45, 2.75) is 13.5 Å². The van der Waals surface area contributed by atoms with Crippen LogP contribution in [0.1, 0.15) is 23.1 Å². The smallest absolute Gasteiger partial charge is 0.255 e. The van der Waals surface area contributed by atoms with Gasteiger partial charge in [-0.2, -0.15) is 0 Å². The summed E-state index contributed by atoms with van der Waals surface area (Å²) in [5.41, 5.74) is 2.07. The van der Waals surface area contributed by atoms with E-state index in [1.807, 2.05) is 61.1 Å². The third-order valence-electron chi connectivity index (χ3n) is 4.61. The summed E-state index contributed by atoms with van der Waals surface area (Å²) in [6.45, 7) is 3.01. The summed E-state index contributed by atoms with van der Waals surface area (Å²) in [7, 11) is 1.92. The first-order valence-electron chi connectivity index (χ1n) is 8.86. The molecule has 0 saturated carbocycles. The van der Waals surface area contributed by atoms with E-state index in [9.17, 15) is 4.79 Å². The van der Waals surface area contributed by atoms with Crippen LogP contribution < -0.4 is 0 Å². The van der Waals surface area contributed by atoms with Crippen molar-refractivity contribution in [2.24, 2.45) is 7.05 Å². The predicted octanol–water partition coefficient (Wildman–Crippen LogP) is 3.89. The van der Waals surface area contributed by atoms with Crippen LogP contribution in [0.15, 0.2) is 65.5 Å². The van der Waals surface area contributed by atoms with Crippen LogP contribution in [0.25, 0.3) is 22.4 Å². The molecule has 0 N–H and O–H groups in total. The van der Waals surface area contributed by atoms with Crippen LogP contribution in [-0.4, -0.2) is 31.9 Å². The number of rotatable bonds is 5. The topological polar surface area (TPSA) is 64.2 Å². The van der Waals surface area contributed by atoms with Gasteiger partial charge in [0.2, 0.25) is 0 Å². The Hall–Kier alpha value is -3.41. The largest absolute Gasteiger partial charge is 0.454 e. The molecule has 4 rings (SSSR count). The van der Waals surface area contributed by atoms with E-state index in [-0.39, 0.29) is 5.91 Å². The number of amides is 1. The molecular formula is C21H20N4O2. The van der Waals surface area contributed by atoms with Gasteiger partial charge in [0.15, 0.2) is 5.76 Å². The number of hydrogen-bond acceptors (Lipinski definition) is 4. The highest BCUT2D eigenvalue weighted by Crippen LogP contribution is 2.26. The fourth-order valence-corrected chi connectivity index (χ4v) is 3.00. The van der Waals surface area contributed by atoms with Gasteiger partial charge >= 0.3 is 0 Å². The van der Waals surface area contributed by atoms with E-state index in [1.165, 1.54) is 0 Å². The van der Waals surface area contributed by atoms with Gasteiger partial charge in [-0.15, -0.1) is 0 Å². The van der Waals surface area contributed by atoms with Gasteiger partial charge in [-0.05, 0) is 31.2 Å². The number of aromatic nitrogens is 3. The van der Waals surface area contributed by atoms with Crippen molar-refractivity contribution < 1.29 is 9.21 Å². The average molecular weight is 360 g/mol. The summed E-state index contributed by atoms with van der Waals surface area (Å²) < 4.78 is 7.75. The van der Waals surface area contributed by atoms with Gasteiger partial charge < -0.3 is 13.9 Å². The van der Waals surface area contributed by atoms with Crippen LogP contribution in [0.4, 0.5) is 0 Å². The monoisotopic (exact) mass is 360 g/mol. The fraction of sp³-hybridized carbons (Fsp3) is 0.190. The van der Waals surface area contributed by atoms with E-state index in [0.29, 0.717) is 30.1 Å². The molecule has 0 bridgehead atoms. The lowest BCUT2D eigenvalue weighted by molar-refractivity contribution is 0.0747. The van der Waals surface area contributed by atoms with Crippen LogP contribution in [0.3, 0.4) is 0 Å². The van der Waals surface area contributed by atoms with Crippen molar-refractivity contribution in [3.05, 3.63) is 72.4 Å². The molecule has 0 aliphatic heterocycles. The van der Waals surface area contributed by atoms with Gasteiger partial charge in [0.05, 0.1) is 12.1 Å². The molecule has 0 unspecified atom stereocenters. The minimum Gasteiger partial charge on any atom is -0.454 e. The molecule has 136 valence electrons. The first-order valence-corrected chi connectivity index (χ1v) is 8.86. The molecule has 0 aliphatic rings. The Kier molecular flexibility index (Phi) is 4.46. The molecule has 0 radical (unpaired) electrons. The van der Waals surface area contributed by atoms with Gasteiger partial charge in [0, 0.05) is 37.6 Å². The fourth-order valence-electron chi connectivity index (χ4n) is 3.00. The summed E-state index contributed by atoms with van der Waals surface area (Å²) >= 11 is 0. The lowest BCUT2D eigenvalue weighted by Gasteiger charge is -2.20. The predicted molar refractivity (Wildman–Crippen MR) is 103 cm³/mol. The number of fused-ring (bicyclic) bond motifs is 1. The first-order chi connectivity index (χ1) is 13.2. The van der Waals surface area contributed by atoms with E-state index < -0.39 is 0 Å². The second-order valence-corrected chi connectivity index (χ2v) is 6.35. The first kappa shape index (κ1) is 17.0. The molecule has 4 aromatic rings. The highest BCUT2D eigenvalue weighted by molar-refractivity contribution is 5.94. The molecular weight excluding hydrogens is 340 g/mol. The lowest BCUT2D eigenvalue weighted by Crippen LogP contribution is -2.31. The van der Waals surface area contributed by atoms with Crippen molar-refractivity contribution in [1.82, 2.24) is 19.4 Å². The Labute approximate surface area is 157 Å². The molecule has 0 aliphatic carbocycles. The van der Waals surface area contributed by atoms with E-state index in [2.05, 4.69) is 9.97 Å². The third kappa shape index (κ3) is 3.33. The SMILES string of the molecule is CCN(Cc1nccn1C)C(=O)c1ccc(-c2cc3ccccc3o2)nc1. The number of para-hydroxylation sites is 1. The van der Waals surface area contributed by atoms with Gasteiger partial charge in [-0.3, -0.25) is 9.78 Å². The number of hydrogen-bond donors (Lipinski definition) is 0. The van der Waals surface area contributed by atoms with E-state index in [4.69, 9.17) is 4.42 Å². The molecule has 0 atom stereocenters. The molecule has 1 aromatic carbocycles. The highest BCUT2D eigenvalue weighted by Gasteiger charge is 2.17. The van der Waals surface area contributed by atoms with Crippen LogP contribution in [0.2, 0.25) is 0 Å². The normalized spacial score (nSPS) is 11.0. The number of nitrogens with zero attached hydrogens (tertiary/aromatic N) is 4. The van der Waals surface area contributed by atoms with E-state index >= 15 is 0 Å². The summed E-state index contributed by atoms with van der Waals surface area (Å²) in [6, 6.07) is 13.4. The molecule has 6 heteroatoms. The van der Waals surface area contributed by atoms with Crippen molar-refractivity contribution >= 4 is 16.9 Å². The Morgan fingerprint density at radius 1 is 1.19 bits per heavy atom.